The van der Waals surface area contributed by atoms with Gasteiger partial charge in [0.1, 0.15) is 28.8 Å². The first-order valence-corrected chi connectivity index (χ1v) is 10.7. The summed E-state index contributed by atoms with van der Waals surface area (Å²) >= 11 is 1.40. The molecule has 2 aromatic heterocycles. The highest BCUT2D eigenvalue weighted by Gasteiger charge is 2.24. The summed E-state index contributed by atoms with van der Waals surface area (Å²) in [6.45, 7) is 8.53. The van der Waals surface area contributed by atoms with Crippen LogP contribution in [0.15, 0.2) is 30.6 Å². The second-order valence-electron chi connectivity index (χ2n) is 8.43. The summed E-state index contributed by atoms with van der Waals surface area (Å²) in [6, 6.07) is 8.19. The molecule has 4 rings (SSSR count). The van der Waals surface area contributed by atoms with E-state index < -0.39 is 0 Å². The van der Waals surface area contributed by atoms with Crippen molar-refractivity contribution in [1.82, 2.24) is 15.3 Å². The summed E-state index contributed by atoms with van der Waals surface area (Å²) in [5, 5.41) is 7.37. The molecule has 1 aliphatic heterocycles. The van der Waals surface area contributed by atoms with E-state index in [4.69, 9.17) is 4.74 Å². The van der Waals surface area contributed by atoms with Crippen LogP contribution in [0.5, 0.6) is 5.75 Å². The first-order chi connectivity index (χ1) is 13.8. The van der Waals surface area contributed by atoms with E-state index in [-0.39, 0.29) is 17.6 Å². The van der Waals surface area contributed by atoms with Crippen LogP contribution in [0.2, 0.25) is 0 Å². The number of carbonyl (C=O) groups is 1. The molecule has 0 saturated heterocycles. The largest absolute Gasteiger partial charge is 0.488 e. The molecule has 0 radical (unpaired) electrons. The number of nitrogens with one attached hydrogen (secondary N) is 2. The predicted octanol–water partition coefficient (Wildman–Crippen LogP) is 4.33. The topological polar surface area (TPSA) is 76.1 Å². The van der Waals surface area contributed by atoms with Gasteiger partial charge >= 0.3 is 0 Å². The van der Waals surface area contributed by atoms with Gasteiger partial charge < -0.3 is 15.4 Å². The van der Waals surface area contributed by atoms with Crippen LogP contribution in [0.1, 0.15) is 48.0 Å². The van der Waals surface area contributed by atoms with Crippen LogP contribution in [0.3, 0.4) is 0 Å². The highest BCUT2D eigenvalue weighted by Crippen LogP contribution is 2.34. The Balaban J connectivity index is 1.53. The summed E-state index contributed by atoms with van der Waals surface area (Å²) in [7, 11) is 0. The highest BCUT2D eigenvalue weighted by molar-refractivity contribution is 7.20. The Bertz CT molecular complexity index is 1050. The lowest BCUT2D eigenvalue weighted by Crippen LogP contribution is -2.40. The van der Waals surface area contributed by atoms with Gasteiger partial charge in [0.25, 0.3) is 5.91 Å². The fourth-order valence-electron chi connectivity index (χ4n) is 3.55. The Morgan fingerprint density at radius 1 is 1.28 bits per heavy atom. The second kappa shape index (κ2) is 7.63. The molecule has 0 aliphatic carbocycles. The number of benzene rings is 1. The van der Waals surface area contributed by atoms with Crippen LogP contribution in [0, 0.1) is 6.92 Å². The van der Waals surface area contributed by atoms with Gasteiger partial charge in [-0.3, -0.25) is 4.79 Å². The smallest absolute Gasteiger partial charge is 0.262 e. The minimum atomic E-state index is -0.291. The second-order valence-corrected chi connectivity index (χ2v) is 9.43. The van der Waals surface area contributed by atoms with Crippen molar-refractivity contribution in [1.29, 1.82) is 0 Å². The number of para-hydroxylation sites is 1. The third-order valence-electron chi connectivity index (χ3n) is 4.92. The summed E-state index contributed by atoms with van der Waals surface area (Å²) in [4.78, 5) is 23.0. The van der Waals surface area contributed by atoms with Crippen molar-refractivity contribution >= 4 is 33.3 Å². The number of hydrogen-bond donors (Lipinski definition) is 2. The SMILES string of the molecule is Cc1c(C(=O)NC(C)(C)C)sc2ncnc(NC[C@H]3CCc4ccccc4O3)c12. The van der Waals surface area contributed by atoms with Gasteiger partial charge in [0.15, 0.2) is 0 Å². The van der Waals surface area contributed by atoms with Gasteiger partial charge in [-0.15, -0.1) is 11.3 Å². The van der Waals surface area contributed by atoms with Crippen LogP contribution in [-0.4, -0.2) is 34.1 Å². The quantitative estimate of drug-likeness (QED) is 0.669. The molecule has 3 aromatic rings. The maximum Gasteiger partial charge on any atom is 0.262 e. The molecule has 1 atom stereocenters. The number of nitrogens with zero attached hydrogens (tertiary/aromatic N) is 2. The van der Waals surface area contributed by atoms with Crippen LogP contribution < -0.4 is 15.4 Å². The molecule has 7 heteroatoms. The van der Waals surface area contributed by atoms with Crippen molar-refractivity contribution < 1.29 is 9.53 Å². The van der Waals surface area contributed by atoms with E-state index in [1.165, 1.54) is 16.9 Å². The predicted molar refractivity (Wildman–Crippen MR) is 117 cm³/mol. The van der Waals surface area contributed by atoms with E-state index in [1.54, 1.807) is 6.33 Å². The zero-order valence-electron chi connectivity index (χ0n) is 17.2. The average Bonchev–Trinajstić information content (AvgIpc) is 3.02. The number of fused-ring (bicyclic) bond motifs is 2. The summed E-state index contributed by atoms with van der Waals surface area (Å²) in [6.07, 6.45) is 3.59. The molecule has 1 aliphatic rings. The zero-order chi connectivity index (χ0) is 20.6. The first kappa shape index (κ1) is 19.6. The fourth-order valence-corrected chi connectivity index (χ4v) is 4.60. The Morgan fingerprint density at radius 3 is 2.86 bits per heavy atom. The molecule has 0 spiro atoms. The van der Waals surface area contributed by atoms with Crippen molar-refractivity contribution in [2.45, 2.75) is 52.2 Å². The average molecular weight is 411 g/mol. The van der Waals surface area contributed by atoms with E-state index in [2.05, 4.69) is 26.7 Å². The molecule has 0 bridgehead atoms. The number of anilines is 1. The fraction of sp³-hybridized carbons (Fsp3) is 0.409. The third kappa shape index (κ3) is 4.19. The number of aromatic nitrogens is 2. The molecule has 1 amide bonds. The number of carbonyl (C=O) groups excluding carboxylic acids is 1. The molecule has 0 saturated carbocycles. The van der Waals surface area contributed by atoms with Crippen LogP contribution >= 0.6 is 11.3 Å². The van der Waals surface area contributed by atoms with Gasteiger partial charge in [0, 0.05) is 5.54 Å². The Labute approximate surface area is 174 Å². The molecule has 1 aromatic carbocycles. The van der Waals surface area contributed by atoms with Crippen molar-refractivity contribution in [3.05, 3.63) is 46.6 Å². The zero-order valence-corrected chi connectivity index (χ0v) is 18.0. The number of amides is 1. The molecular formula is C22H26N4O2S. The van der Waals surface area contributed by atoms with E-state index in [1.807, 2.05) is 45.9 Å². The maximum absolute atomic E-state index is 12.7. The van der Waals surface area contributed by atoms with Gasteiger partial charge in [-0.25, -0.2) is 9.97 Å². The van der Waals surface area contributed by atoms with Gasteiger partial charge in [-0.1, -0.05) is 18.2 Å². The minimum absolute atomic E-state index is 0.0730. The van der Waals surface area contributed by atoms with Crippen molar-refractivity contribution in [2.24, 2.45) is 0 Å². The molecule has 2 N–H and O–H groups in total. The Morgan fingerprint density at radius 2 is 2.07 bits per heavy atom. The van der Waals surface area contributed by atoms with Crippen molar-refractivity contribution in [2.75, 3.05) is 11.9 Å². The lowest BCUT2D eigenvalue weighted by atomic mass is 10.0. The molecule has 0 unspecified atom stereocenters. The van der Waals surface area contributed by atoms with Crippen LogP contribution in [-0.2, 0) is 6.42 Å². The lowest BCUT2D eigenvalue weighted by Gasteiger charge is -2.26. The third-order valence-corrected chi connectivity index (χ3v) is 6.12. The van der Waals surface area contributed by atoms with E-state index in [9.17, 15) is 4.79 Å². The number of hydrogen-bond acceptors (Lipinski definition) is 6. The highest BCUT2D eigenvalue weighted by atomic mass is 32.1. The monoisotopic (exact) mass is 410 g/mol. The molecular weight excluding hydrogens is 384 g/mol. The number of ether oxygens (including phenoxy) is 1. The Hall–Kier alpha value is -2.67. The van der Waals surface area contributed by atoms with Crippen molar-refractivity contribution in [3.63, 3.8) is 0 Å². The van der Waals surface area contributed by atoms with Crippen LogP contribution in [0.25, 0.3) is 10.2 Å². The van der Waals surface area contributed by atoms with E-state index in [0.29, 0.717) is 11.4 Å². The minimum Gasteiger partial charge on any atom is -0.488 e. The summed E-state index contributed by atoms with van der Waals surface area (Å²) < 4.78 is 6.13. The normalized spacial score (nSPS) is 16.2. The standard InChI is InChI=1S/C22H26N4O2S/c1-13-17-19(23-11-15-10-9-14-7-5-6-8-16(14)28-15)24-12-25-21(17)29-18(13)20(27)26-22(2,3)4/h5-8,12,15H,9-11H2,1-4H3,(H,26,27)(H,23,24,25)/t15-/m1/s1. The van der Waals surface area contributed by atoms with Gasteiger partial charge in [-0.2, -0.15) is 0 Å². The number of rotatable bonds is 4. The van der Waals surface area contributed by atoms with Gasteiger partial charge in [0.05, 0.1) is 16.8 Å². The van der Waals surface area contributed by atoms with Gasteiger partial charge in [0.2, 0.25) is 0 Å². The van der Waals surface area contributed by atoms with Crippen molar-refractivity contribution in [3.8, 4) is 5.75 Å². The molecule has 6 nitrogen and oxygen atoms in total. The van der Waals surface area contributed by atoms with Gasteiger partial charge in [-0.05, 0) is 57.7 Å². The Kier molecular flexibility index (Phi) is 5.17. The van der Waals surface area contributed by atoms with Crippen LogP contribution in [0.4, 0.5) is 5.82 Å². The maximum atomic E-state index is 12.7. The molecule has 152 valence electrons. The molecule has 3 heterocycles. The van der Waals surface area contributed by atoms with E-state index >= 15 is 0 Å². The molecule has 29 heavy (non-hydrogen) atoms. The number of aryl methyl sites for hydroxylation is 2. The lowest BCUT2D eigenvalue weighted by molar-refractivity contribution is 0.0923. The summed E-state index contributed by atoms with van der Waals surface area (Å²) in [5.41, 5.74) is 1.88. The molecule has 0 fully saturated rings. The number of thiophene rings is 1. The van der Waals surface area contributed by atoms with E-state index in [0.717, 1.165) is 40.2 Å². The summed E-state index contributed by atoms with van der Waals surface area (Å²) in [5.74, 6) is 1.64. The first-order valence-electron chi connectivity index (χ1n) is 9.87.